The number of anilines is 3. The van der Waals surface area contributed by atoms with E-state index in [2.05, 4.69) is 183 Å². The minimum absolute atomic E-state index is 0.913. The van der Waals surface area contributed by atoms with E-state index >= 15 is 0 Å². The van der Waals surface area contributed by atoms with Gasteiger partial charge in [-0.3, -0.25) is 0 Å². The van der Waals surface area contributed by atoms with Crippen LogP contribution < -0.4 is 4.90 Å². The quantitative estimate of drug-likeness (QED) is 0.145. The van der Waals surface area contributed by atoms with Gasteiger partial charge in [0.25, 0.3) is 0 Å². The monoisotopic (exact) mass is 645 g/mol. The Kier molecular flexibility index (Phi) is 8.59. The molecule has 8 aromatic rings. The lowest BCUT2D eigenvalue weighted by Crippen LogP contribution is -2.10. The van der Waals surface area contributed by atoms with Crippen molar-refractivity contribution in [1.29, 1.82) is 0 Å². The first-order valence-corrected chi connectivity index (χ1v) is 17.5. The highest BCUT2D eigenvalue weighted by Crippen LogP contribution is 2.40. The molecule has 2 heteroatoms. The second-order valence-corrected chi connectivity index (χ2v) is 12.9. The Bertz CT molecular complexity index is 2480. The Morgan fingerprint density at radius 2 is 1.18 bits per heavy atom. The summed E-state index contributed by atoms with van der Waals surface area (Å²) in [6.07, 6.45) is 6.72. The van der Waals surface area contributed by atoms with Crippen LogP contribution in [0.2, 0.25) is 0 Å². The maximum absolute atomic E-state index is 6.09. The zero-order valence-electron chi connectivity index (χ0n) is 28.5. The van der Waals surface area contributed by atoms with E-state index in [4.69, 9.17) is 4.42 Å². The molecule has 2 nitrogen and oxygen atoms in total. The lowest BCUT2D eigenvalue weighted by molar-refractivity contribution is 0.669. The number of hydrogen-bond acceptors (Lipinski definition) is 2. The number of allylic oxidation sites excluding steroid dienone is 4. The highest BCUT2D eigenvalue weighted by Gasteiger charge is 2.16. The van der Waals surface area contributed by atoms with E-state index in [9.17, 15) is 0 Å². The molecule has 0 amide bonds. The van der Waals surface area contributed by atoms with Crippen molar-refractivity contribution >= 4 is 60.9 Å². The molecule has 7 aromatic carbocycles. The summed E-state index contributed by atoms with van der Waals surface area (Å²) in [5, 5.41) is 4.72. The standard InChI is InChI=1S/C48H39NO/c1-3-12-36(37-13-5-4-6-14-37)22-21-34(2)35-23-28-41(29-24-35)49(46-19-11-16-39-15-7-8-17-43(39)46)42-30-25-38(26-31-42)40-27-32-48-45(33-40)44-18-9-10-20-47(44)50-48/h4-11,13-33H,3,12H2,1-2H3/b34-21+,36-22+. The number of rotatable bonds is 9. The summed E-state index contributed by atoms with van der Waals surface area (Å²) < 4.78 is 6.09. The van der Waals surface area contributed by atoms with Crippen LogP contribution in [0.15, 0.2) is 180 Å². The SMILES string of the molecule is CCC/C(=C\C=C(/C)c1ccc(N(c2ccc(-c3ccc4oc5ccccc5c4c3)cc2)c2cccc3ccccc23)cc1)c1ccccc1. The number of furan rings is 1. The summed E-state index contributed by atoms with van der Waals surface area (Å²) >= 11 is 0. The van der Waals surface area contributed by atoms with Gasteiger partial charge in [0.05, 0.1) is 5.69 Å². The molecule has 1 aromatic heterocycles. The van der Waals surface area contributed by atoms with E-state index in [1.165, 1.54) is 44.2 Å². The number of nitrogens with zero attached hydrogens (tertiary/aromatic N) is 1. The molecular formula is C48H39NO. The van der Waals surface area contributed by atoms with Crippen LogP contribution in [0.4, 0.5) is 17.1 Å². The van der Waals surface area contributed by atoms with Crippen molar-refractivity contribution < 1.29 is 4.42 Å². The molecule has 50 heavy (non-hydrogen) atoms. The van der Waals surface area contributed by atoms with Gasteiger partial charge in [0.1, 0.15) is 11.2 Å². The van der Waals surface area contributed by atoms with E-state index in [0.29, 0.717) is 0 Å². The fourth-order valence-corrected chi connectivity index (χ4v) is 6.98. The van der Waals surface area contributed by atoms with Crippen molar-refractivity contribution in [2.24, 2.45) is 0 Å². The van der Waals surface area contributed by atoms with Gasteiger partial charge in [-0.1, -0.05) is 141 Å². The summed E-state index contributed by atoms with van der Waals surface area (Å²) in [6, 6.07) is 58.5. The first-order chi connectivity index (χ1) is 24.7. The maximum Gasteiger partial charge on any atom is 0.135 e. The summed E-state index contributed by atoms with van der Waals surface area (Å²) in [7, 11) is 0. The van der Waals surface area contributed by atoms with Crippen molar-refractivity contribution in [2.45, 2.75) is 26.7 Å². The Balaban J connectivity index is 1.15. The molecular weight excluding hydrogens is 607 g/mol. The third kappa shape index (κ3) is 6.13. The Labute approximate surface area is 294 Å². The van der Waals surface area contributed by atoms with Crippen molar-refractivity contribution in [2.75, 3.05) is 4.90 Å². The fourth-order valence-electron chi connectivity index (χ4n) is 6.98. The van der Waals surface area contributed by atoms with Crippen LogP contribution in [0.1, 0.15) is 37.8 Å². The minimum Gasteiger partial charge on any atom is -0.456 e. The van der Waals surface area contributed by atoms with Gasteiger partial charge in [-0.05, 0) is 101 Å². The predicted molar refractivity (Wildman–Crippen MR) is 214 cm³/mol. The molecule has 0 saturated heterocycles. The molecule has 0 aliphatic carbocycles. The second kappa shape index (κ2) is 13.8. The topological polar surface area (TPSA) is 16.4 Å². The molecule has 0 aliphatic rings. The van der Waals surface area contributed by atoms with Crippen molar-refractivity contribution in [3.05, 3.63) is 187 Å². The van der Waals surface area contributed by atoms with E-state index in [1.54, 1.807) is 0 Å². The Morgan fingerprint density at radius 1 is 0.540 bits per heavy atom. The second-order valence-electron chi connectivity index (χ2n) is 12.9. The summed E-state index contributed by atoms with van der Waals surface area (Å²) in [5.41, 5.74) is 12.7. The maximum atomic E-state index is 6.09. The van der Waals surface area contributed by atoms with Gasteiger partial charge in [-0.25, -0.2) is 0 Å². The first-order valence-electron chi connectivity index (χ1n) is 17.5. The first kappa shape index (κ1) is 31.2. The minimum atomic E-state index is 0.913. The molecule has 0 aliphatic heterocycles. The largest absolute Gasteiger partial charge is 0.456 e. The van der Waals surface area contributed by atoms with Gasteiger partial charge in [0.2, 0.25) is 0 Å². The van der Waals surface area contributed by atoms with E-state index in [0.717, 1.165) is 51.8 Å². The van der Waals surface area contributed by atoms with Crippen LogP contribution in [0, 0.1) is 0 Å². The van der Waals surface area contributed by atoms with Crippen LogP contribution in [0.5, 0.6) is 0 Å². The van der Waals surface area contributed by atoms with E-state index in [1.807, 2.05) is 12.1 Å². The Morgan fingerprint density at radius 3 is 1.96 bits per heavy atom. The van der Waals surface area contributed by atoms with E-state index < -0.39 is 0 Å². The number of para-hydroxylation sites is 1. The highest BCUT2D eigenvalue weighted by molar-refractivity contribution is 6.06. The Hall–Kier alpha value is -6.12. The van der Waals surface area contributed by atoms with Crippen LogP contribution in [-0.4, -0.2) is 0 Å². The van der Waals surface area contributed by atoms with Crippen molar-refractivity contribution in [1.82, 2.24) is 0 Å². The molecule has 1 heterocycles. The van der Waals surface area contributed by atoms with E-state index in [-0.39, 0.29) is 0 Å². The lowest BCUT2D eigenvalue weighted by atomic mass is 9.99. The van der Waals surface area contributed by atoms with Crippen molar-refractivity contribution in [3.8, 4) is 11.1 Å². The predicted octanol–water partition coefficient (Wildman–Crippen LogP) is 14.2. The zero-order valence-corrected chi connectivity index (χ0v) is 28.5. The zero-order chi connectivity index (χ0) is 33.9. The molecule has 0 fully saturated rings. The number of hydrogen-bond donors (Lipinski definition) is 0. The van der Waals surface area contributed by atoms with Gasteiger partial charge in [0, 0.05) is 27.5 Å². The average Bonchev–Trinajstić information content (AvgIpc) is 3.55. The summed E-state index contributed by atoms with van der Waals surface area (Å²) in [5.74, 6) is 0. The molecule has 242 valence electrons. The molecule has 0 radical (unpaired) electrons. The van der Waals surface area contributed by atoms with Gasteiger partial charge in [-0.15, -0.1) is 0 Å². The summed E-state index contributed by atoms with van der Waals surface area (Å²) in [6.45, 7) is 4.44. The number of benzene rings is 7. The van der Waals surface area contributed by atoms with Crippen LogP contribution in [-0.2, 0) is 0 Å². The molecule has 0 saturated carbocycles. The van der Waals surface area contributed by atoms with Crippen LogP contribution in [0.3, 0.4) is 0 Å². The van der Waals surface area contributed by atoms with Crippen LogP contribution >= 0.6 is 0 Å². The molecule has 0 spiro atoms. The molecule has 0 bridgehead atoms. The lowest BCUT2D eigenvalue weighted by Gasteiger charge is -2.27. The van der Waals surface area contributed by atoms with Crippen LogP contribution in [0.25, 0.3) is 55.0 Å². The van der Waals surface area contributed by atoms with Gasteiger partial charge in [-0.2, -0.15) is 0 Å². The molecule has 0 unspecified atom stereocenters. The van der Waals surface area contributed by atoms with Gasteiger partial charge in [0.15, 0.2) is 0 Å². The molecule has 0 N–H and O–H groups in total. The summed E-state index contributed by atoms with van der Waals surface area (Å²) in [4.78, 5) is 2.37. The fraction of sp³-hybridized carbons (Fsp3) is 0.0833. The van der Waals surface area contributed by atoms with Gasteiger partial charge < -0.3 is 9.32 Å². The third-order valence-electron chi connectivity index (χ3n) is 9.62. The average molecular weight is 646 g/mol. The highest BCUT2D eigenvalue weighted by atomic mass is 16.3. The normalized spacial score (nSPS) is 12.2. The van der Waals surface area contributed by atoms with Gasteiger partial charge >= 0.3 is 0 Å². The third-order valence-corrected chi connectivity index (χ3v) is 9.62. The molecule has 8 rings (SSSR count). The molecule has 0 atom stereocenters. The van der Waals surface area contributed by atoms with Crippen molar-refractivity contribution in [3.63, 3.8) is 0 Å². The smallest absolute Gasteiger partial charge is 0.135 e. The number of fused-ring (bicyclic) bond motifs is 4.